The lowest BCUT2D eigenvalue weighted by molar-refractivity contribution is 0.0699. The summed E-state index contributed by atoms with van der Waals surface area (Å²) in [4.78, 5) is 29.0. The van der Waals surface area contributed by atoms with Gasteiger partial charge in [-0.25, -0.2) is 0 Å². The summed E-state index contributed by atoms with van der Waals surface area (Å²) in [7, 11) is 3.24. The molecule has 35 heavy (non-hydrogen) atoms. The molecule has 8 heteroatoms. The number of rotatable bonds is 8. The Morgan fingerprint density at radius 1 is 0.914 bits per heavy atom. The van der Waals surface area contributed by atoms with Crippen LogP contribution in [0.3, 0.4) is 0 Å². The lowest BCUT2D eigenvalue weighted by atomic mass is 10.00. The maximum Gasteiger partial charge on any atom is 0.253 e. The van der Waals surface area contributed by atoms with E-state index in [1.807, 2.05) is 42.5 Å². The second-order valence-corrected chi connectivity index (χ2v) is 8.70. The highest BCUT2D eigenvalue weighted by molar-refractivity contribution is 5.88. The molecule has 0 bridgehead atoms. The highest BCUT2D eigenvalue weighted by atomic mass is 16.5. The molecule has 180 valence electrons. The van der Waals surface area contributed by atoms with Crippen LogP contribution >= 0.6 is 0 Å². The first-order valence-electron chi connectivity index (χ1n) is 11.6. The van der Waals surface area contributed by atoms with E-state index in [4.69, 9.17) is 14.2 Å². The van der Waals surface area contributed by atoms with Gasteiger partial charge in [0.1, 0.15) is 22.9 Å². The molecule has 4 aromatic rings. The van der Waals surface area contributed by atoms with Gasteiger partial charge in [0.2, 0.25) is 0 Å². The summed E-state index contributed by atoms with van der Waals surface area (Å²) in [6.07, 6.45) is 3.69. The summed E-state index contributed by atoms with van der Waals surface area (Å²) in [6.45, 7) is 2.13. The summed E-state index contributed by atoms with van der Waals surface area (Å²) in [6, 6.07) is 13.4. The second kappa shape index (κ2) is 9.76. The third kappa shape index (κ3) is 4.70. The Labute approximate surface area is 202 Å². The van der Waals surface area contributed by atoms with Crippen LogP contribution in [-0.2, 0) is 4.74 Å². The third-order valence-corrected chi connectivity index (χ3v) is 6.46. The molecule has 1 aromatic heterocycles. The van der Waals surface area contributed by atoms with E-state index in [0.717, 1.165) is 48.1 Å². The van der Waals surface area contributed by atoms with E-state index in [9.17, 15) is 9.59 Å². The number of hydrogen-bond acceptors (Lipinski definition) is 8. The van der Waals surface area contributed by atoms with Crippen LogP contribution in [0.4, 0.5) is 17.1 Å². The number of hydrogen-bond donors (Lipinski definition) is 2. The Hall–Kier alpha value is -3.91. The summed E-state index contributed by atoms with van der Waals surface area (Å²) in [5, 5.41) is 7.23. The zero-order valence-electron chi connectivity index (χ0n) is 19.7. The summed E-state index contributed by atoms with van der Waals surface area (Å²) < 4.78 is 16.1. The Balaban J connectivity index is 1.35. The van der Waals surface area contributed by atoms with Crippen LogP contribution in [0, 0.1) is 5.92 Å². The Morgan fingerprint density at radius 2 is 1.63 bits per heavy atom. The molecule has 0 unspecified atom stereocenters. The van der Waals surface area contributed by atoms with Gasteiger partial charge in [0.15, 0.2) is 0 Å². The van der Waals surface area contributed by atoms with E-state index >= 15 is 0 Å². The predicted molar refractivity (Wildman–Crippen MR) is 137 cm³/mol. The van der Waals surface area contributed by atoms with E-state index in [0.29, 0.717) is 41.0 Å². The van der Waals surface area contributed by atoms with Crippen molar-refractivity contribution in [2.24, 2.45) is 5.92 Å². The maximum absolute atomic E-state index is 12.2. The standard InChI is InChI=1S/C27H27N3O5/c1-33-21-10-18(11-22(13-21)34-2)19-9-17-3-4-20(12-23(17)28-15-19)30-25-24(26(31)27(25)32)29-14-16-5-7-35-8-6-16/h3-4,9-13,15-16,29-30H,5-8,14H2,1-2H3. The first kappa shape index (κ1) is 22.9. The molecule has 1 fully saturated rings. The van der Waals surface area contributed by atoms with Crippen LogP contribution in [0.2, 0.25) is 0 Å². The number of aromatic nitrogens is 1. The molecular formula is C27H27N3O5. The average molecular weight is 474 g/mol. The highest BCUT2D eigenvalue weighted by Crippen LogP contribution is 2.32. The van der Waals surface area contributed by atoms with Crippen molar-refractivity contribution in [2.75, 3.05) is 44.6 Å². The molecule has 1 aliphatic heterocycles. The van der Waals surface area contributed by atoms with Crippen molar-refractivity contribution in [3.05, 3.63) is 69.1 Å². The molecular weight excluding hydrogens is 446 g/mol. The van der Waals surface area contributed by atoms with Gasteiger partial charge in [0.05, 0.1) is 19.7 Å². The first-order chi connectivity index (χ1) is 17.1. The number of ether oxygens (including phenoxy) is 3. The molecule has 0 spiro atoms. The normalized spacial score (nSPS) is 14.2. The lowest BCUT2D eigenvalue weighted by Crippen LogP contribution is -2.38. The third-order valence-electron chi connectivity index (χ3n) is 6.46. The van der Waals surface area contributed by atoms with Gasteiger partial charge in [-0.15, -0.1) is 0 Å². The number of pyridine rings is 1. The van der Waals surface area contributed by atoms with Gasteiger partial charge in [-0.1, -0.05) is 6.07 Å². The topological polar surface area (TPSA) is 98.8 Å². The summed E-state index contributed by atoms with van der Waals surface area (Å²) >= 11 is 0. The van der Waals surface area contributed by atoms with Crippen molar-refractivity contribution in [3.8, 4) is 22.6 Å². The second-order valence-electron chi connectivity index (χ2n) is 8.70. The smallest absolute Gasteiger partial charge is 0.253 e. The van der Waals surface area contributed by atoms with Crippen molar-refractivity contribution in [1.29, 1.82) is 0 Å². The molecule has 0 saturated carbocycles. The molecule has 5 rings (SSSR count). The first-order valence-corrected chi connectivity index (χ1v) is 11.6. The molecule has 1 saturated heterocycles. The SMILES string of the molecule is COc1cc(OC)cc(-c2cnc3cc(Nc4c(NCC5CCOCC5)c(=O)c4=O)ccc3c2)c1. The van der Waals surface area contributed by atoms with E-state index in [1.54, 1.807) is 20.4 Å². The molecule has 0 amide bonds. The van der Waals surface area contributed by atoms with Crippen LogP contribution < -0.4 is 31.0 Å². The fourth-order valence-electron chi connectivity index (χ4n) is 4.35. The lowest BCUT2D eigenvalue weighted by Gasteiger charge is -2.23. The van der Waals surface area contributed by atoms with E-state index < -0.39 is 10.9 Å². The molecule has 3 aromatic carbocycles. The van der Waals surface area contributed by atoms with Gasteiger partial charge in [0.25, 0.3) is 10.9 Å². The summed E-state index contributed by atoms with van der Waals surface area (Å²) in [5.41, 5.74) is 3.01. The fourth-order valence-corrected chi connectivity index (χ4v) is 4.35. The minimum atomic E-state index is -0.505. The Bertz CT molecular complexity index is 1410. The van der Waals surface area contributed by atoms with Crippen LogP contribution in [0.1, 0.15) is 12.8 Å². The average Bonchev–Trinajstić information content (AvgIpc) is 2.92. The van der Waals surface area contributed by atoms with Gasteiger partial charge in [0, 0.05) is 48.7 Å². The van der Waals surface area contributed by atoms with Gasteiger partial charge >= 0.3 is 0 Å². The molecule has 1 aliphatic rings. The number of anilines is 3. The van der Waals surface area contributed by atoms with Crippen molar-refractivity contribution in [3.63, 3.8) is 0 Å². The van der Waals surface area contributed by atoms with E-state index in [2.05, 4.69) is 15.6 Å². The molecule has 2 N–H and O–H groups in total. The van der Waals surface area contributed by atoms with Crippen molar-refractivity contribution in [2.45, 2.75) is 12.8 Å². The van der Waals surface area contributed by atoms with Gasteiger partial charge in [-0.2, -0.15) is 0 Å². The van der Waals surface area contributed by atoms with Crippen LogP contribution in [0.15, 0.2) is 58.3 Å². The maximum atomic E-state index is 12.2. The molecule has 0 atom stereocenters. The van der Waals surface area contributed by atoms with Crippen molar-refractivity contribution < 1.29 is 14.2 Å². The molecule has 0 radical (unpaired) electrons. The number of methoxy groups -OCH3 is 2. The Morgan fingerprint density at radius 3 is 2.34 bits per heavy atom. The minimum absolute atomic E-state index is 0.307. The number of benzene rings is 2. The molecule has 8 nitrogen and oxygen atoms in total. The molecule has 0 aliphatic carbocycles. The number of nitrogens with one attached hydrogen (secondary N) is 2. The zero-order chi connectivity index (χ0) is 24.4. The molecule has 2 heterocycles. The van der Waals surface area contributed by atoms with Gasteiger partial charge < -0.3 is 24.8 Å². The van der Waals surface area contributed by atoms with Crippen LogP contribution in [-0.4, -0.2) is 39.0 Å². The van der Waals surface area contributed by atoms with Crippen molar-refractivity contribution in [1.82, 2.24) is 4.98 Å². The Kier molecular flexibility index (Phi) is 6.37. The predicted octanol–water partition coefficient (Wildman–Crippen LogP) is 4.10. The highest BCUT2D eigenvalue weighted by Gasteiger charge is 2.23. The number of fused-ring (bicyclic) bond motifs is 1. The summed E-state index contributed by atoms with van der Waals surface area (Å²) in [5.74, 6) is 1.84. The van der Waals surface area contributed by atoms with Crippen molar-refractivity contribution >= 4 is 28.0 Å². The monoisotopic (exact) mass is 473 g/mol. The van der Waals surface area contributed by atoms with E-state index in [1.165, 1.54) is 0 Å². The van der Waals surface area contributed by atoms with Crippen LogP contribution in [0.25, 0.3) is 22.0 Å². The quantitative estimate of drug-likeness (QED) is 0.369. The number of nitrogens with zero attached hydrogens (tertiary/aromatic N) is 1. The van der Waals surface area contributed by atoms with Crippen LogP contribution in [0.5, 0.6) is 11.5 Å². The largest absolute Gasteiger partial charge is 0.497 e. The minimum Gasteiger partial charge on any atom is -0.497 e. The van der Waals surface area contributed by atoms with Gasteiger partial charge in [-0.05, 0) is 54.7 Å². The fraction of sp³-hybridized carbons (Fsp3) is 0.296. The zero-order valence-corrected chi connectivity index (χ0v) is 19.7. The van der Waals surface area contributed by atoms with E-state index in [-0.39, 0.29) is 0 Å². The van der Waals surface area contributed by atoms with Gasteiger partial charge in [-0.3, -0.25) is 14.6 Å².